The second kappa shape index (κ2) is 15.4. The smallest absolute Gasteiger partial charge is 0.475 e. The van der Waals surface area contributed by atoms with E-state index in [0.29, 0.717) is 6.04 Å². The summed E-state index contributed by atoms with van der Waals surface area (Å²) in [6.07, 6.45) is -7.17. The summed E-state index contributed by atoms with van der Waals surface area (Å²) in [5.41, 5.74) is 0.794. The lowest BCUT2D eigenvalue weighted by Gasteiger charge is -2.41. The number of anilines is 2. The highest BCUT2D eigenvalue weighted by atomic mass is 32.1. The zero-order chi connectivity index (χ0) is 30.7. The van der Waals surface area contributed by atoms with E-state index in [9.17, 15) is 31.1 Å². The fraction of sp³-hybridized carbons (Fsp3) is 0.500. The van der Waals surface area contributed by atoms with E-state index in [1.54, 1.807) is 6.20 Å². The van der Waals surface area contributed by atoms with Crippen molar-refractivity contribution in [2.45, 2.75) is 45.6 Å². The molecule has 9 nitrogen and oxygen atoms in total. The van der Waals surface area contributed by atoms with Crippen molar-refractivity contribution < 1.29 is 50.9 Å². The fourth-order valence-electron chi connectivity index (χ4n) is 3.36. The minimum absolute atomic E-state index is 0.0661. The van der Waals surface area contributed by atoms with Gasteiger partial charge in [0.05, 0.1) is 4.88 Å². The zero-order valence-corrected chi connectivity index (χ0v) is 22.6. The lowest BCUT2D eigenvalue weighted by Crippen LogP contribution is -2.53. The third-order valence-electron chi connectivity index (χ3n) is 5.51. The first-order valence-corrected chi connectivity index (χ1v) is 12.7. The Bertz CT molecular complexity index is 1070. The van der Waals surface area contributed by atoms with Crippen LogP contribution in [-0.4, -0.2) is 82.5 Å². The molecular formula is C24H30F6N4O5S. The van der Waals surface area contributed by atoms with Crippen molar-refractivity contribution in [1.29, 1.82) is 0 Å². The normalized spacial score (nSPS) is 16.5. The van der Waals surface area contributed by atoms with Crippen LogP contribution < -0.4 is 10.2 Å². The molecule has 0 bridgehead atoms. The molecule has 2 aromatic heterocycles. The number of thiophene rings is 1. The lowest BCUT2D eigenvalue weighted by atomic mass is 10.1. The van der Waals surface area contributed by atoms with Gasteiger partial charge < -0.3 is 20.4 Å². The molecule has 0 aromatic carbocycles. The summed E-state index contributed by atoms with van der Waals surface area (Å²) in [5.74, 6) is -3.91. The van der Waals surface area contributed by atoms with Crippen LogP contribution in [0.2, 0.25) is 0 Å². The average molecular weight is 601 g/mol. The maximum atomic E-state index is 12.3. The molecule has 0 radical (unpaired) electrons. The number of aliphatic carboxylic acids is 2. The molecule has 0 spiro atoms. The van der Waals surface area contributed by atoms with Gasteiger partial charge in [0, 0.05) is 50.2 Å². The van der Waals surface area contributed by atoms with Gasteiger partial charge in [-0.1, -0.05) is 26.3 Å². The molecule has 1 fully saturated rings. The molecule has 3 rings (SSSR count). The Hall–Kier alpha value is -3.40. The minimum atomic E-state index is -5.08. The summed E-state index contributed by atoms with van der Waals surface area (Å²) in [6.45, 7) is 11.1. The van der Waals surface area contributed by atoms with Crippen LogP contribution in [0.25, 0.3) is 0 Å². The summed E-state index contributed by atoms with van der Waals surface area (Å²) < 4.78 is 63.5. The first kappa shape index (κ1) is 34.6. The van der Waals surface area contributed by atoms with Gasteiger partial charge in [-0.2, -0.15) is 26.3 Å². The molecule has 0 saturated carbocycles. The van der Waals surface area contributed by atoms with Gasteiger partial charge in [0.15, 0.2) is 0 Å². The number of nitrogens with zero attached hydrogens (tertiary/aromatic N) is 3. The van der Waals surface area contributed by atoms with E-state index in [4.69, 9.17) is 19.8 Å². The summed E-state index contributed by atoms with van der Waals surface area (Å²) in [4.78, 5) is 40.2. The number of carboxylic acids is 2. The van der Waals surface area contributed by atoms with Gasteiger partial charge in [0.2, 0.25) is 0 Å². The Balaban J connectivity index is 0.000000473. The van der Waals surface area contributed by atoms with Gasteiger partial charge in [-0.3, -0.25) is 9.69 Å². The van der Waals surface area contributed by atoms with Crippen LogP contribution >= 0.6 is 11.3 Å². The van der Waals surface area contributed by atoms with Gasteiger partial charge in [-0.05, 0) is 30.4 Å². The number of carbonyl (C=O) groups excluding carboxylic acids is 1. The van der Waals surface area contributed by atoms with Crippen LogP contribution in [0.3, 0.4) is 0 Å². The van der Waals surface area contributed by atoms with Crippen molar-refractivity contribution in [3.63, 3.8) is 0 Å². The molecule has 2 aromatic rings. The molecule has 3 heterocycles. The van der Waals surface area contributed by atoms with Crippen LogP contribution in [0.1, 0.15) is 36.9 Å². The largest absolute Gasteiger partial charge is 0.490 e. The molecule has 224 valence electrons. The predicted molar refractivity (Wildman–Crippen MR) is 137 cm³/mol. The van der Waals surface area contributed by atoms with Crippen molar-refractivity contribution in [1.82, 2.24) is 9.88 Å². The number of pyridine rings is 1. The first-order valence-electron chi connectivity index (χ1n) is 11.9. The molecule has 1 aliphatic rings. The number of amides is 1. The second-order valence-corrected chi connectivity index (χ2v) is 9.70. The number of carbonyl (C=O) groups is 3. The highest BCUT2D eigenvalue weighted by Crippen LogP contribution is 2.23. The van der Waals surface area contributed by atoms with E-state index in [1.807, 2.05) is 29.6 Å². The van der Waals surface area contributed by atoms with Crippen LogP contribution in [0, 0.1) is 5.92 Å². The predicted octanol–water partition coefficient (Wildman–Crippen LogP) is 5.22. The summed E-state index contributed by atoms with van der Waals surface area (Å²) in [7, 11) is 0. The molecule has 40 heavy (non-hydrogen) atoms. The standard InChI is InChI=1S/C20H28N4OS.2C2HF3O2/c1-4-15(2)13-23-9-10-24(16(3)14-23)19-12-17(7-8-21-19)22-20(25)18-6-5-11-26-18;2*3-2(4,5)1(6)7/h5-8,11-12,15-16H,4,9-10,13-14H2,1-3H3,(H,21,22,25);2*(H,6,7). The average Bonchev–Trinajstić information content (AvgIpc) is 3.39. The Labute approximate surface area is 230 Å². The molecular weight excluding hydrogens is 570 g/mol. The number of rotatable bonds is 6. The van der Waals surface area contributed by atoms with Crippen molar-refractivity contribution in [3.8, 4) is 0 Å². The summed E-state index contributed by atoms with van der Waals surface area (Å²) in [6, 6.07) is 7.95. The van der Waals surface area contributed by atoms with Gasteiger partial charge in [0.1, 0.15) is 5.82 Å². The number of aromatic nitrogens is 1. The second-order valence-electron chi connectivity index (χ2n) is 8.76. The van der Waals surface area contributed by atoms with Gasteiger partial charge in [-0.15, -0.1) is 11.3 Å². The summed E-state index contributed by atoms with van der Waals surface area (Å²) in [5, 5.41) is 19.1. The van der Waals surface area contributed by atoms with Crippen molar-refractivity contribution in [3.05, 3.63) is 40.7 Å². The Morgan fingerprint density at radius 1 is 1.10 bits per heavy atom. The number of hydrogen-bond acceptors (Lipinski definition) is 7. The van der Waals surface area contributed by atoms with Crippen LogP contribution in [0.15, 0.2) is 35.8 Å². The van der Waals surface area contributed by atoms with E-state index >= 15 is 0 Å². The van der Waals surface area contributed by atoms with Crippen LogP contribution in [0.4, 0.5) is 37.8 Å². The van der Waals surface area contributed by atoms with E-state index in [1.165, 1.54) is 24.3 Å². The maximum Gasteiger partial charge on any atom is 0.490 e. The molecule has 0 aliphatic carbocycles. The Kier molecular flexibility index (Phi) is 13.3. The number of hydrogen-bond donors (Lipinski definition) is 3. The SMILES string of the molecule is CCC(C)CN1CCN(c2cc(NC(=O)c3cccs3)ccn2)C(C)C1.O=C(O)C(F)(F)F.O=C(O)C(F)(F)F. The monoisotopic (exact) mass is 600 g/mol. The molecule has 2 atom stereocenters. The molecule has 1 aliphatic heterocycles. The van der Waals surface area contributed by atoms with Crippen molar-refractivity contribution >= 4 is 40.7 Å². The number of nitrogens with one attached hydrogen (secondary N) is 1. The molecule has 3 N–H and O–H groups in total. The van der Waals surface area contributed by atoms with Gasteiger partial charge in [0.25, 0.3) is 5.91 Å². The number of halogens is 6. The summed E-state index contributed by atoms with van der Waals surface area (Å²) >= 11 is 1.45. The first-order chi connectivity index (χ1) is 18.4. The van der Waals surface area contributed by atoms with Gasteiger partial charge >= 0.3 is 24.3 Å². The lowest BCUT2D eigenvalue weighted by molar-refractivity contribution is -0.193. The third kappa shape index (κ3) is 12.2. The molecule has 2 unspecified atom stereocenters. The highest BCUT2D eigenvalue weighted by Gasteiger charge is 2.38. The third-order valence-corrected chi connectivity index (χ3v) is 6.37. The van der Waals surface area contributed by atoms with Crippen LogP contribution in [0.5, 0.6) is 0 Å². The quantitative estimate of drug-likeness (QED) is 0.386. The number of alkyl halides is 6. The van der Waals surface area contributed by atoms with Crippen molar-refractivity contribution in [2.75, 3.05) is 36.4 Å². The number of carboxylic acid groups (broad SMARTS) is 2. The van der Waals surface area contributed by atoms with E-state index in [2.05, 4.69) is 40.9 Å². The van der Waals surface area contributed by atoms with Crippen molar-refractivity contribution in [2.24, 2.45) is 5.92 Å². The molecule has 16 heteroatoms. The number of piperazine rings is 1. The zero-order valence-electron chi connectivity index (χ0n) is 21.8. The highest BCUT2D eigenvalue weighted by molar-refractivity contribution is 7.12. The van der Waals surface area contributed by atoms with Crippen LogP contribution in [-0.2, 0) is 9.59 Å². The minimum Gasteiger partial charge on any atom is -0.475 e. The van der Waals surface area contributed by atoms with E-state index in [0.717, 1.165) is 41.9 Å². The molecule has 1 saturated heterocycles. The molecule has 1 amide bonds. The van der Waals surface area contributed by atoms with Gasteiger partial charge in [-0.25, -0.2) is 14.6 Å². The Morgan fingerprint density at radius 3 is 2.12 bits per heavy atom. The Morgan fingerprint density at radius 2 is 1.68 bits per heavy atom. The van der Waals surface area contributed by atoms with E-state index < -0.39 is 24.3 Å². The fourth-order valence-corrected chi connectivity index (χ4v) is 3.98. The maximum absolute atomic E-state index is 12.3. The van der Waals surface area contributed by atoms with E-state index in [-0.39, 0.29) is 5.91 Å². The topological polar surface area (TPSA) is 123 Å².